The summed E-state index contributed by atoms with van der Waals surface area (Å²) in [6.07, 6.45) is 3.55. The summed E-state index contributed by atoms with van der Waals surface area (Å²) in [5, 5.41) is 16.0. The fourth-order valence-electron chi connectivity index (χ4n) is 2.14. The molecule has 3 aromatic rings. The number of rotatable bonds is 5. The second-order valence-electron chi connectivity index (χ2n) is 4.69. The number of carbonyl (C=O) groups is 1. The molecule has 6 heteroatoms. The monoisotopic (exact) mass is 297 g/mol. The number of aromatic nitrogens is 2. The molecule has 2 N–H and O–H groups in total. The summed E-state index contributed by atoms with van der Waals surface area (Å²) in [7, 11) is 0. The van der Waals surface area contributed by atoms with Crippen molar-refractivity contribution in [2.45, 2.75) is 13.2 Å². The van der Waals surface area contributed by atoms with Crippen LogP contribution in [0.15, 0.2) is 59.3 Å². The number of para-hydroxylation sites is 1. The Balaban J connectivity index is 1.73. The van der Waals surface area contributed by atoms with Gasteiger partial charge in [0.05, 0.1) is 5.69 Å². The first-order valence-corrected chi connectivity index (χ1v) is 6.83. The molecule has 0 aliphatic carbocycles. The van der Waals surface area contributed by atoms with Gasteiger partial charge in [0.1, 0.15) is 12.4 Å². The number of hydrogen-bond acceptors (Lipinski definition) is 4. The number of aliphatic hydroxyl groups excluding tert-OH is 1. The number of nitrogens with one attached hydrogen (secondary N) is 1. The lowest BCUT2D eigenvalue weighted by Crippen LogP contribution is -2.23. The Bertz CT molecular complexity index is 763. The summed E-state index contributed by atoms with van der Waals surface area (Å²) in [4.78, 5) is 12.0. The highest BCUT2D eigenvalue weighted by molar-refractivity contribution is 5.91. The maximum absolute atomic E-state index is 12.0. The fraction of sp³-hybridized carbons (Fsp3) is 0.125. The third kappa shape index (κ3) is 2.91. The third-order valence-electron chi connectivity index (χ3n) is 3.22. The van der Waals surface area contributed by atoms with Crippen LogP contribution in [0.2, 0.25) is 0 Å². The number of hydrogen-bond donors (Lipinski definition) is 2. The van der Waals surface area contributed by atoms with E-state index in [1.165, 1.54) is 0 Å². The van der Waals surface area contributed by atoms with Crippen molar-refractivity contribution in [2.24, 2.45) is 0 Å². The maximum Gasteiger partial charge on any atom is 0.287 e. The molecule has 3 rings (SSSR count). The third-order valence-corrected chi connectivity index (χ3v) is 3.22. The lowest BCUT2D eigenvalue weighted by atomic mass is 10.1. The molecule has 2 aromatic heterocycles. The van der Waals surface area contributed by atoms with Crippen LogP contribution < -0.4 is 5.32 Å². The van der Waals surface area contributed by atoms with Crippen LogP contribution in [0.5, 0.6) is 0 Å². The van der Waals surface area contributed by atoms with Crippen LogP contribution in [0, 0.1) is 0 Å². The van der Waals surface area contributed by atoms with Gasteiger partial charge in [-0.25, -0.2) is 4.68 Å². The number of carbonyl (C=O) groups excluding carboxylic acids is 1. The number of benzene rings is 1. The van der Waals surface area contributed by atoms with Gasteiger partial charge in [-0.2, -0.15) is 5.10 Å². The zero-order chi connectivity index (χ0) is 15.4. The van der Waals surface area contributed by atoms with Crippen LogP contribution in [0.4, 0.5) is 0 Å². The highest BCUT2D eigenvalue weighted by Crippen LogP contribution is 2.14. The minimum atomic E-state index is -0.324. The summed E-state index contributed by atoms with van der Waals surface area (Å²) in [6.45, 7) is 0.124. The molecule has 1 amide bonds. The Hall–Kier alpha value is -2.86. The Kier molecular flexibility index (Phi) is 4.02. The molecule has 2 heterocycles. The number of nitrogens with zero attached hydrogens (tertiary/aromatic N) is 2. The van der Waals surface area contributed by atoms with E-state index < -0.39 is 0 Å². The first-order valence-electron chi connectivity index (χ1n) is 6.83. The molecule has 0 bridgehead atoms. The molecule has 1 aromatic carbocycles. The Morgan fingerprint density at radius 3 is 2.82 bits per heavy atom. The second kappa shape index (κ2) is 6.28. The van der Waals surface area contributed by atoms with E-state index in [4.69, 9.17) is 9.52 Å². The van der Waals surface area contributed by atoms with Crippen LogP contribution in [0.1, 0.15) is 21.9 Å². The SMILES string of the molecule is O=C(NCc1ccccc1-n1cccn1)c1ccc(CO)o1. The van der Waals surface area contributed by atoms with Crippen LogP contribution >= 0.6 is 0 Å². The molecule has 0 unspecified atom stereocenters. The van der Waals surface area contributed by atoms with Gasteiger partial charge in [0.2, 0.25) is 0 Å². The van der Waals surface area contributed by atoms with Crippen molar-refractivity contribution >= 4 is 5.91 Å². The summed E-state index contributed by atoms with van der Waals surface area (Å²) >= 11 is 0. The molecule has 0 saturated carbocycles. The molecule has 112 valence electrons. The molecule has 0 aliphatic rings. The van der Waals surface area contributed by atoms with Gasteiger partial charge in [-0.1, -0.05) is 18.2 Å². The van der Waals surface area contributed by atoms with Crippen molar-refractivity contribution in [1.82, 2.24) is 15.1 Å². The summed E-state index contributed by atoms with van der Waals surface area (Å²) in [5.74, 6) is 0.220. The molecule has 0 fully saturated rings. The van der Waals surface area contributed by atoms with Crippen molar-refractivity contribution in [1.29, 1.82) is 0 Å². The molecule has 0 spiro atoms. The largest absolute Gasteiger partial charge is 0.453 e. The van der Waals surface area contributed by atoms with Gasteiger partial charge in [0.25, 0.3) is 5.91 Å². The van der Waals surface area contributed by atoms with E-state index in [9.17, 15) is 4.79 Å². The number of aliphatic hydroxyl groups is 1. The predicted molar refractivity (Wildman–Crippen MR) is 79.4 cm³/mol. The minimum absolute atomic E-state index is 0.181. The van der Waals surface area contributed by atoms with Gasteiger partial charge >= 0.3 is 0 Å². The number of amides is 1. The molecular formula is C16H15N3O3. The summed E-state index contributed by atoms with van der Waals surface area (Å²) in [5.41, 5.74) is 1.84. The quantitative estimate of drug-likeness (QED) is 0.753. The summed E-state index contributed by atoms with van der Waals surface area (Å²) in [6, 6.07) is 12.7. The normalized spacial score (nSPS) is 10.6. The highest BCUT2D eigenvalue weighted by atomic mass is 16.4. The van der Waals surface area contributed by atoms with Gasteiger partial charge in [-0.3, -0.25) is 4.79 Å². The van der Waals surface area contributed by atoms with Crippen molar-refractivity contribution in [2.75, 3.05) is 0 Å². The first-order chi connectivity index (χ1) is 10.8. The molecule has 0 saturated heterocycles. The van der Waals surface area contributed by atoms with Gasteiger partial charge in [-0.05, 0) is 29.8 Å². The van der Waals surface area contributed by atoms with E-state index in [2.05, 4.69) is 10.4 Å². The van der Waals surface area contributed by atoms with Crippen LogP contribution in [0.25, 0.3) is 5.69 Å². The maximum atomic E-state index is 12.0. The smallest absolute Gasteiger partial charge is 0.287 e. The van der Waals surface area contributed by atoms with Crippen molar-refractivity contribution in [3.8, 4) is 5.69 Å². The molecule has 22 heavy (non-hydrogen) atoms. The van der Waals surface area contributed by atoms with Crippen LogP contribution in [-0.2, 0) is 13.2 Å². The van der Waals surface area contributed by atoms with Crippen molar-refractivity contribution < 1.29 is 14.3 Å². The van der Waals surface area contributed by atoms with Crippen LogP contribution in [0.3, 0.4) is 0 Å². The average Bonchev–Trinajstić information content (AvgIpc) is 3.24. The molecule has 6 nitrogen and oxygen atoms in total. The first kappa shape index (κ1) is 14.1. The number of furan rings is 1. The van der Waals surface area contributed by atoms with E-state index in [0.29, 0.717) is 12.3 Å². The van der Waals surface area contributed by atoms with Gasteiger partial charge in [-0.15, -0.1) is 0 Å². The van der Waals surface area contributed by atoms with Gasteiger partial charge in [0.15, 0.2) is 5.76 Å². The molecule has 0 radical (unpaired) electrons. The van der Waals surface area contributed by atoms with Crippen molar-refractivity contribution in [3.63, 3.8) is 0 Å². The lowest BCUT2D eigenvalue weighted by Gasteiger charge is -2.10. The average molecular weight is 297 g/mol. The van der Waals surface area contributed by atoms with Crippen molar-refractivity contribution in [3.05, 3.63) is 71.9 Å². The van der Waals surface area contributed by atoms with Gasteiger partial charge < -0.3 is 14.8 Å². The zero-order valence-corrected chi connectivity index (χ0v) is 11.8. The van der Waals surface area contributed by atoms with E-state index in [1.54, 1.807) is 23.0 Å². The van der Waals surface area contributed by atoms with E-state index in [0.717, 1.165) is 11.3 Å². The van der Waals surface area contributed by atoms with E-state index in [1.807, 2.05) is 36.5 Å². The Morgan fingerprint density at radius 2 is 2.09 bits per heavy atom. The molecule has 0 atom stereocenters. The fourth-order valence-corrected chi connectivity index (χ4v) is 2.14. The van der Waals surface area contributed by atoms with E-state index >= 15 is 0 Å². The Morgan fingerprint density at radius 1 is 1.23 bits per heavy atom. The predicted octanol–water partition coefficient (Wildman–Crippen LogP) is 1.89. The topological polar surface area (TPSA) is 80.3 Å². The molecular weight excluding hydrogens is 282 g/mol. The lowest BCUT2D eigenvalue weighted by molar-refractivity contribution is 0.0918. The molecule has 0 aliphatic heterocycles. The standard InChI is InChI=1S/C16H15N3O3/c20-11-13-6-7-15(22-13)16(21)17-10-12-4-1-2-5-14(12)19-9-3-8-18-19/h1-9,20H,10-11H2,(H,17,21). The Labute approximate surface area is 127 Å². The van der Waals surface area contributed by atoms with E-state index in [-0.39, 0.29) is 18.3 Å². The second-order valence-corrected chi connectivity index (χ2v) is 4.69. The zero-order valence-electron chi connectivity index (χ0n) is 11.8. The highest BCUT2D eigenvalue weighted by Gasteiger charge is 2.12. The minimum Gasteiger partial charge on any atom is -0.453 e. The summed E-state index contributed by atoms with van der Waals surface area (Å²) < 4.78 is 6.95. The van der Waals surface area contributed by atoms with Crippen LogP contribution in [-0.4, -0.2) is 20.8 Å². The van der Waals surface area contributed by atoms with Gasteiger partial charge in [0, 0.05) is 18.9 Å².